The van der Waals surface area contributed by atoms with Gasteiger partial charge in [-0.3, -0.25) is 4.57 Å². The van der Waals surface area contributed by atoms with E-state index in [4.69, 9.17) is 15.0 Å². The van der Waals surface area contributed by atoms with Crippen molar-refractivity contribution in [3.8, 4) is 51.0 Å². The van der Waals surface area contributed by atoms with E-state index in [1.54, 1.807) is 0 Å². The third-order valence-corrected chi connectivity index (χ3v) is 11.9. The Morgan fingerprint density at radius 3 is 1.56 bits per heavy atom. The minimum atomic E-state index is -0.157. The number of fused-ring (bicyclic) bond motifs is 6. The Morgan fingerprint density at radius 1 is 0.407 bits per heavy atom. The zero-order valence-electron chi connectivity index (χ0n) is 32.8. The lowest BCUT2D eigenvalue weighted by atomic mass is 9.82. The molecular weight excluding hydrogens is 719 g/mol. The molecule has 280 valence electrons. The van der Waals surface area contributed by atoms with E-state index in [0.29, 0.717) is 17.6 Å². The molecule has 0 spiro atoms. The first-order valence-electron chi connectivity index (χ1n) is 20.1. The number of rotatable bonds is 7. The van der Waals surface area contributed by atoms with Gasteiger partial charge in [-0.1, -0.05) is 166 Å². The molecule has 10 aromatic rings. The maximum Gasteiger partial charge on any atom is 0.238 e. The number of anilines is 3. The van der Waals surface area contributed by atoms with Crippen molar-refractivity contribution in [2.75, 3.05) is 4.90 Å². The molecule has 59 heavy (non-hydrogen) atoms. The van der Waals surface area contributed by atoms with Crippen molar-refractivity contribution in [2.24, 2.45) is 0 Å². The molecule has 0 saturated carbocycles. The van der Waals surface area contributed by atoms with Gasteiger partial charge in [0.1, 0.15) is 0 Å². The van der Waals surface area contributed by atoms with Gasteiger partial charge in [-0.2, -0.15) is 9.97 Å². The Bertz CT molecular complexity index is 3090. The second-order valence-corrected chi connectivity index (χ2v) is 15.7. The summed E-state index contributed by atoms with van der Waals surface area (Å²) in [5, 5.41) is 2.32. The van der Waals surface area contributed by atoms with Gasteiger partial charge in [0, 0.05) is 44.3 Å². The van der Waals surface area contributed by atoms with E-state index >= 15 is 0 Å². The highest BCUT2D eigenvalue weighted by Gasteiger charge is 2.35. The molecule has 0 aliphatic heterocycles. The molecule has 0 saturated heterocycles. The van der Waals surface area contributed by atoms with Crippen molar-refractivity contribution in [1.29, 1.82) is 0 Å². The highest BCUT2D eigenvalue weighted by atomic mass is 15.2. The van der Waals surface area contributed by atoms with Crippen LogP contribution in [0.1, 0.15) is 25.0 Å². The number of para-hydroxylation sites is 5. The van der Waals surface area contributed by atoms with Crippen molar-refractivity contribution in [3.05, 3.63) is 211 Å². The monoisotopic (exact) mass is 757 g/mol. The molecule has 0 radical (unpaired) electrons. The average molecular weight is 758 g/mol. The van der Waals surface area contributed by atoms with E-state index in [1.165, 1.54) is 22.3 Å². The normalized spacial score (nSPS) is 12.7. The smallest absolute Gasteiger partial charge is 0.238 e. The largest absolute Gasteiger partial charge is 0.310 e. The van der Waals surface area contributed by atoms with Crippen LogP contribution >= 0.6 is 0 Å². The van der Waals surface area contributed by atoms with Gasteiger partial charge in [0.05, 0.1) is 16.7 Å². The molecule has 5 nitrogen and oxygen atoms in total. The predicted molar refractivity (Wildman–Crippen MR) is 243 cm³/mol. The molecular formula is C54H39N5. The quantitative estimate of drug-likeness (QED) is 0.162. The molecule has 0 fully saturated rings. The summed E-state index contributed by atoms with van der Waals surface area (Å²) in [4.78, 5) is 18.1. The first-order valence-corrected chi connectivity index (χ1v) is 20.1. The number of hydrogen-bond donors (Lipinski definition) is 0. The molecule has 0 atom stereocenters. The molecule has 2 aromatic heterocycles. The van der Waals surface area contributed by atoms with Crippen molar-refractivity contribution < 1.29 is 0 Å². The fourth-order valence-corrected chi connectivity index (χ4v) is 9.00. The third-order valence-electron chi connectivity index (χ3n) is 11.9. The summed E-state index contributed by atoms with van der Waals surface area (Å²) in [7, 11) is 0. The van der Waals surface area contributed by atoms with Crippen LogP contribution in [0.3, 0.4) is 0 Å². The van der Waals surface area contributed by atoms with Crippen LogP contribution in [0.5, 0.6) is 0 Å². The van der Waals surface area contributed by atoms with E-state index in [2.05, 4.69) is 224 Å². The van der Waals surface area contributed by atoms with Crippen LogP contribution in [0.2, 0.25) is 0 Å². The van der Waals surface area contributed by atoms with Crippen LogP contribution in [0.15, 0.2) is 200 Å². The highest BCUT2D eigenvalue weighted by Crippen LogP contribution is 2.49. The summed E-state index contributed by atoms with van der Waals surface area (Å²) < 4.78 is 2.18. The summed E-state index contributed by atoms with van der Waals surface area (Å²) in [6.45, 7) is 4.62. The Labute approximate surface area is 343 Å². The minimum Gasteiger partial charge on any atom is -0.310 e. The number of benzene rings is 8. The number of nitrogens with zero attached hydrogens (tertiary/aromatic N) is 5. The van der Waals surface area contributed by atoms with Gasteiger partial charge >= 0.3 is 0 Å². The summed E-state index contributed by atoms with van der Waals surface area (Å²) in [6.07, 6.45) is 0. The highest BCUT2D eigenvalue weighted by molar-refractivity contribution is 6.09. The Morgan fingerprint density at radius 2 is 0.898 bits per heavy atom. The number of hydrogen-bond acceptors (Lipinski definition) is 4. The standard InChI is InChI=1S/C54H39N5/c1-54(2)46-25-13-9-22-42(46)43-34-33-38(35-47(43)54)52-55-51(56-53(57-52)59-49-27-15-11-23-44(49)45-24-12-16-28-50(45)59)37-31-29-36(30-32-37)41-21-10-14-26-48(41)58(39-17-5-3-6-18-39)40-19-7-4-8-20-40/h3-35H,1-2H3. The van der Waals surface area contributed by atoms with E-state index in [9.17, 15) is 0 Å². The van der Waals surface area contributed by atoms with Crippen LogP contribution in [-0.4, -0.2) is 19.5 Å². The van der Waals surface area contributed by atoms with Crippen LogP contribution in [0, 0.1) is 0 Å². The predicted octanol–water partition coefficient (Wildman–Crippen LogP) is 13.7. The maximum absolute atomic E-state index is 5.28. The van der Waals surface area contributed by atoms with Crippen LogP contribution in [0.25, 0.3) is 72.8 Å². The van der Waals surface area contributed by atoms with E-state index in [1.807, 2.05) is 0 Å². The van der Waals surface area contributed by atoms with Gasteiger partial charge < -0.3 is 4.90 Å². The molecule has 2 heterocycles. The van der Waals surface area contributed by atoms with E-state index in [0.717, 1.165) is 61.1 Å². The lowest BCUT2D eigenvalue weighted by Crippen LogP contribution is -2.15. The van der Waals surface area contributed by atoms with Gasteiger partial charge in [-0.15, -0.1) is 0 Å². The number of aromatic nitrogens is 4. The SMILES string of the molecule is CC1(C)c2ccccc2-c2ccc(-c3nc(-c4ccc(-c5ccccc5N(c5ccccc5)c5ccccc5)cc4)nc(-n4c5ccccc5c5ccccc54)n3)cc21. The minimum absolute atomic E-state index is 0.157. The summed E-state index contributed by atoms with van der Waals surface area (Å²) in [6, 6.07) is 70.7. The van der Waals surface area contributed by atoms with Gasteiger partial charge in [-0.25, -0.2) is 4.98 Å². The average Bonchev–Trinajstić information content (AvgIpc) is 3.75. The Kier molecular flexibility index (Phi) is 8.09. The molecule has 11 rings (SSSR count). The van der Waals surface area contributed by atoms with Gasteiger partial charge in [-0.05, 0) is 76.3 Å². The molecule has 0 N–H and O–H groups in total. The van der Waals surface area contributed by atoms with Crippen LogP contribution in [0.4, 0.5) is 17.1 Å². The van der Waals surface area contributed by atoms with Gasteiger partial charge in [0.15, 0.2) is 11.6 Å². The first kappa shape index (κ1) is 34.6. The maximum atomic E-state index is 5.28. The molecule has 8 aromatic carbocycles. The van der Waals surface area contributed by atoms with E-state index in [-0.39, 0.29) is 5.41 Å². The second-order valence-electron chi connectivity index (χ2n) is 15.7. The molecule has 0 amide bonds. The van der Waals surface area contributed by atoms with Crippen LogP contribution in [-0.2, 0) is 5.41 Å². The first-order chi connectivity index (χ1) is 29.0. The second kappa shape index (κ2) is 13.8. The van der Waals surface area contributed by atoms with Gasteiger partial charge in [0.2, 0.25) is 5.95 Å². The lowest BCUT2D eigenvalue weighted by molar-refractivity contribution is 0.660. The van der Waals surface area contributed by atoms with Crippen LogP contribution < -0.4 is 4.90 Å². The summed E-state index contributed by atoms with van der Waals surface area (Å²) >= 11 is 0. The van der Waals surface area contributed by atoms with Crippen molar-refractivity contribution in [3.63, 3.8) is 0 Å². The summed E-state index contributed by atoms with van der Waals surface area (Å²) in [5.74, 6) is 1.84. The lowest BCUT2D eigenvalue weighted by Gasteiger charge is -2.27. The zero-order valence-corrected chi connectivity index (χ0v) is 32.8. The van der Waals surface area contributed by atoms with Crippen molar-refractivity contribution in [2.45, 2.75) is 19.3 Å². The molecule has 0 unspecified atom stereocenters. The Balaban J connectivity index is 1.06. The molecule has 1 aliphatic carbocycles. The van der Waals surface area contributed by atoms with Crippen molar-refractivity contribution >= 4 is 38.9 Å². The van der Waals surface area contributed by atoms with E-state index < -0.39 is 0 Å². The topological polar surface area (TPSA) is 46.8 Å². The molecule has 5 heteroatoms. The third kappa shape index (κ3) is 5.73. The Hall–Kier alpha value is -7.63. The molecule has 1 aliphatic rings. The summed E-state index contributed by atoms with van der Waals surface area (Å²) in [5.41, 5.74) is 14.5. The zero-order chi connectivity index (χ0) is 39.5. The van der Waals surface area contributed by atoms with Gasteiger partial charge in [0.25, 0.3) is 0 Å². The van der Waals surface area contributed by atoms with Crippen molar-refractivity contribution in [1.82, 2.24) is 19.5 Å². The fraction of sp³-hybridized carbons (Fsp3) is 0.0556. The molecule has 0 bridgehead atoms. The fourth-order valence-electron chi connectivity index (χ4n) is 9.00.